The van der Waals surface area contributed by atoms with Crippen molar-refractivity contribution in [1.82, 2.24) is 4.90 Å². The topological polar surface area (TPSA) is 38.8 Å². The van der Waals surface area contributed by atoms with E-state index in [1.165, 1.54) is 11.1 Å². The number of hydrogen-bond acceptors (Lipinski definition) is 3. The van der Waals surface area contributed by atoms with Crippen molar-refractivity contribution in [3.8, 4) is 11.5 Å². The van der Waals surface area contributed by atoms with E-state index >= 15 is 0 Å². The molecule has 2 aromatic carbocycles. The molecule has 0 radical (unpaired) electrons. The molecule has 0 saturated heterocycles. The number of ether oxygens (including phenoxy) is 2. The van der Waals surface area contributed by atoms with Crippen molar-refractivity contribution in [1.29, 1.82) is 0 Å². The van der Waals surface area contributed by atoms with Gasteiger partial charge in [-0.2, -0.15) is 0 Å². The van der Waals surface area contributed by atoms with E-state index in [9.17, 15) is 4.79 Å². The molecule has 4 heteroatoms. The molecule has 0 aliphatic carbocycles. The molecule has 1 heterocycles. The van der Waals surface area contributed by atoms with Crippen LogP contribution in [-0.4, -0.2) is 30.6 Å². The van der Waals surface area contributed by atoms with E-state index in [0.717, 1.165) is 13.0 Å². The Bertz CT molecular complexity index is 714. The number of methoxy groups -OCH3 is 1. The second kappa shape index (κ2) is 7.39. The molecule has 2 aromatic rings. The van der Waals surface area contributed by atoms with Crippen molar-refractivity contribution in [2.75, 3.05) is 13.7 Å². The van der Waals surface area contributed by atoms with Crippen molar-refractivity contribution >= 4 is 5.91 Å². The van der Waals surface area contributed by atoms with Crippen molar-refractivity contribution in [3.63, 3.8) is 0 Å². The van der Waals surface area contributed by atoms with Crippen molar-refractivity contribution < 1.29 is 14.3 Å². The van der Waals surface area contributed by atoms with Crippen LogP contribution in [0.4, 0.5) is 0 Å². The van der Waals surface area contributed by atoms with E-state index < -0.39 is 6.10 Å². The molecule has 0 spiro atoms. The highest BCUT2D eigenvalue weighted by Gasteiger charge is 2.28. The second-order valence-corrected chi connectivity index (χ2v) is 5.94. The van der Waals surface area contributed by atoms with Crippen LogP contribution in [0.25, 0.3) is 0 Å². The van der Waals surface area contributed by atoms with Crippen LogP contribution >= 0.6 is 0 Å². The van der Waals surface area contributed by atoms with Crippen LogP contribution in [0, 0.1) is 0 Å². The fourth-order valence-corrected chi connectivity index (χ4v) is 3.07. The first-order chi connectivity index (χ1) is 11.7. The van der Waals surface area contributed by atoms with E-state index in [-0.39, 0.29) is 5.91 Å². The number of benzene rings is 2. The molecular formula is C20H23NO3. The van der Waals surface area contributed by atoms with Gasteiger partial charge in [-0.25, -0.2) is 0 Å². The summed E-state index contributed by atoms with van der Waals surface area (Å²) >= 11 is 0. The number of para-hydroxylation sites is 2. The molecule has 24 heavy (non-hydrogen) atoms. The van der Waals surface area contributed by atoms with E-state index in [4.69, 9.17) is 9.47 Å². The van der Waals surface area contributed by atoms with Crippen molar-refractivity contribution in [2.24, 2.45) is 0 Å². The second-order valence-electron chi connectivity index (χ2n) is 5.94. The fraction of sp³-hybridized carbons (Fsp3) is 0.350. The smallest absolute Gasteiger partial charge is 0.263 e. The Labute approximate surface area is 143 Å². The third-order valence-corrected chi connectivity index (χ3v) is 4.43. The quantitative estimate of drug-likeness (QED) is 0.845. The van der Waals surface area contributed by atoms with Crippen LogP contribution in [0.5, 0.6) is 11.5 Å². The predicted octanol–water partition coefficient (Wildman–Crippen LogP) is 3.44. The van der Waals surface area contributed by atoms with Gasteiger partial charge in [-0.3, -0.25) is 4.79 Å². The maximum absolute atomic E-state index is 12.9. The summed E-state index contributed by atoms with van der Waals surface area (Å²) in [6.07, 6.45) is 1.02. The average molecular weight is 325 g/mol. The number of amides is 1. The Balaban J connectivity index is 1.73. The van der Waals surface area contributed by atoms with Crippen molar-refractivity contribution in [3.05, 3.63) is 59.7 Å². The Hall–Kier alpha value is -2.49. The third-order valence-electron chi connectivity index (χ3n) is 4.43. The summed E-state index contributed by atoms with van der Waals surface area (Å²) in [7, 11) is 1.60. The zero-order chi connectivity index (χ0) is 16.9. The first-order valence-electron chi connectivity index (χ1n) is 8.38. The summed E-state index contributed by atoms with van der Waals surface area (Å²) < 4.78 is 11.3. The van der Waals surface area contributed by atoms with Gasteiger partial charge in [-0.05, 0) is 36.1 Å². The molecule has 1 aliphatic rings. The zero-order valence-corrected chi connectivity index (χ0v) is 14.2. The summed E-state index contributed by atoms with van der Waals surface area (Å²) in [5.74, 6) is 1.29. The van der Waals surface area contributed by atoms with E-state index in [0.29, 0.717) is 24.5 Å². The highest BCUT2D eigenvalue weighted by atomic mass is 16.5. The van der Waals surface area contributed by atoms with Gasteiger partial charge in [0.2, 0.25) is 0 Å². The summed E-state index contributed by atoms with van der Waals surface area (Å²) in [5, 5.41) is 0. The lowest BCUT2D eigenvalue weighted by atomic mass is 9.99. The third kappa shape index (κ3) is 3.37. The lowest BCUT2D eigenvalue weighted by Gasteiger charge is -2.31. The average Bonchev–Trinajstić information content (AvgIpc) is 2.65. The van der Waals surface area contributed by atoms with Gasteiger partial charge in [0.25, 0.3) is 5.91 Å². The van der Waals surface area contributed by atoms with Gasteiger partial charge in [-0.1, -0.05) is 43.3 Å². The first-order valence-corrected chi connectivity index (χ1v) is 8.38. The molecule has 1 amide bonds. The Morgan fingerprint density at radius 1 is 1.08 bits per heavy atom. The van der Waals surface area contributed by atoms with Gasteiger partial charge >= 0.3 is 0 Å². The minimum atomic E-state index is -0.494. The molecule has 4 nitrogen and oxygen atoms in total. The molecule has 0 N–H and O–H groups in total. The number of fused-ring (bicyclic) bond motifs is 1. The molecular weight excluding hydrogens is 302 g/mol. The molecule has 3 rings (SSSR count). The van der Waals surface area contributed by atoms with Gasteiger partial charge in [0, 0.05) is 13.1 Å². The number of carbonyl (C=O) groups excluding carboxylic acids is 1. The number of rotatable bonds is 5. The molecule has 0 fully saturated rings. The molecule has 1 aliphatic heterocycles. The minimum Gasteiger partial charge on any atom is -0.493 e. The monoisotopic (exact) mass is 325 g/mol. The van der Waals surface area contributed by atoms with E-state index in [1.807, 2.05) is 42.2 Å². The standard InChI is InChI=1S/C20H23NO3/c1-3-17(24-19-11-7-6-10-18(19)23-2)20(22)21-13-12-15-8-4-5-9-16(15)14-21/h4-11,17H,3,12-14H2,1-2H3/t17-/m1/s1. The summed E-state index contributed by atoms with van der Waals surface area (Å²) in [6.45, 7) is 3.36. The zero-order valence-electron chi connectivity index (χ0n) is 14.2. The molecule has 0 saturated carbocycles. The normalized spacial score (nSPS) is 14.7. The van der Waals surface area contributed by atoms with Crippen molar-refractivity contribution in [2.45, 2.75) is 32.4 Å². The maximum Gasteiger partial charge on any atom is 0.263 e. The lowest BCUT2D eigenvalue weighted by molar-refractivity contribution is -0.139. The van der Waals surface area contributed by atoms with Gasteiger partial charge in [0.15, 0.2) is 17.6 Å². The van der Waals surface area contributed by atoms with Crippen LogP contribution in [0.2, 0.25) is 0 Å². The van der Waals surface area contributed by atoms with Crippen LogP contribution in [0.3, 0.4) is 0 Å². The highest BCUT2D eigenvalue weighted by Crippen LogP contribution is 2.28. The number of carbonyl (C=O) groups is 1. The first kappa shape index (κ1) is 16.4. The Kier molecular flexibility index (Phi) is 5.04. The van der Waals surface area contributed by atoms with Gasteiger partial charge in [0.1, 0.15) is 0 Å². The molecule has 1 atom stereocenters. The predicted molar refractivity (Wildman–Crippen MR) is 93.3 cm³/mol. The summed E-state index contributed by atoms with van der Waals surface area (Å²) in [6, 6.07) is 15.7. The Morgan fingerprint density at radius 2 is 1.75 bits per heavy atom. The molecule has 0 bridgehead atoms. The lowest BCUT2D eigenvalue weighted by Crippen LogP contribution is -2.44. The maximum atomic E-state index is 12.9. The highest BCUT2D eigenvalue weighted by molar-refractivity contribution is 5.81. The Morgan fingerprint density at radius 3 is 2.46 bits per heavy atom. The molecule has 0 aromatic heterocycles. The van der Waals surface area contributed by atoms with Crippen LogP contribution in [0.15, 0.2) is 48.5 Å². The SMILES string of the molecule is CC[C@@H](Oc1ccccc1OC)C(=O)N1CCc2ccccc2C1. The number of hydrogen-bond donors (Lipinski definition) is 0. The van der Waals surface area contributed by atoms with E-state index in [2.05, 4.69) is 18.2 Å². The van der Waals surface area contributed by atoms with E-state index in [1.54, 1.807) is 7.11 Å². The fourth-order valence-electron chi connectivity index (χ4n) is 3.07. The summed E-state index contributed by atoms with van der Waals surface area (Å²) in [4.78, 5) is 14.8. The van der Waals surface area contributed by atoms with Crippen LogP contribution in [-0.2, 0) is 17.8 Å². The minimum absolute atomic E-state index is 0.0397. The van der Waals surface area contributed by atoms with Gasteiger partial charge < -0.3 is 14.4 Å². The van der Waals surface area contributed by atoms with Gasteiger partial charge in [-0.15, -0.1) is 0 Å². The van der Waals surface area contributed by atoms with Crippen LogP contribution in [0.1, 0.15) is 24.5 Å². The molecule has 0 unspecified atom stereocenters. The van der Waals surface area contributed by atoms with Crippen LogP contribution < -0.4 is 9.47 Å². The van der Waals surface area contributed by atoms with Gasteiger partial charge in [0.05, 0.1) is 7.11 Å². The molecule has 126 valence electrons. The largest absolute Gasteiger partial charge is 0.493 e. The number of nitrogens with zero attached hydrogens (tertiary/aromatic N) is 1. The summed E-state index contributed by atoms with van der Waals surface area (Å²) in [5.41, 5.74) is 2.56.